The van der Waals surface area contributed by atoms with Gasteiger partial charge in [0.15, 0.2) is 5.78 Å². The first-order valence-corrected chi connectivity index (χ1v) is 10.7. The first kappa shape index (κ1) is 20.0. The van der Waals surface area contributed by atoms with E-state index in [-0.39, 0.29) is 11.2 Å². The minimum atomic E-state index is -0.160. The lowest BCUT2D eigenvalue weighted by atomic mass is 9.92. The van der Waals surface area contributed by atoms with Gasteiger partial charge in [-0.1, -0.05) is 78.9 Å². The third kappa shape index (κ3) is 3.63. The van der Waals surface area contributed by atoms with E-state index < -0.39 is 0 Å². The second kappa shape index (κ2) is 8.27. The van der Waals surface area contributed by atoms with Crippen LogP contribution in [0.4, 0.5) is 0 Å². The second-order valence-corrected chi connectivity index (χ2v) is 8.07. The maximum absolute atomic E-state index is 13.5. The van der Waals surface area contributed by atoms with E-state index in [1.165, 1.54) is 12.5 Å². The van der Waals surface area contributed by atoms with Crippen LogP contribution in [-0.2, 0) is 12.8 Å². The van der Waals surface area contributed by atoms with Gasteiger partial charge in [-0.25, -0.2) is 0 Å². The number of hydrogen-bond acceptors (Lipinski definition) is 3. The number of carbonyl (C=O) groups is 1. The van der Waals surface area contributed by atoms with E-state index in [0.29, 0.717) is 33.9 Å². The maximum atomic E-state index is 13.5. The molecule has 0 aliphatic heterocycles. The molecule has 0 atom stereocenters. The largest absolute Gasteiger partial charge is 0.455 e. The van der Waals surface area contributed by atoms with E-state index in [1.807, 2.05) is 48.5 Å². The molecule has 3 heteroatoms. The minimum absolute atomic E-state index is 0.146. The SMILES string of the molecule is CC(=O)c1cccc2oc3c(Cc4ccccc4)c(Cc4ccccc4)ccc3c(=O)c12. The average molecular weight is 418 g/mol. The molecule has 0 amide bonds. The first-order chi connectivity index (χ1) is 15.6. The Hall–Kier alpha value is -3.98. The summed E-state index contributed by atoms with van der Waals surface area (Å²) in [6.07, 6.45) is 1.40. The Kier molecular flexibility index (Phi) is 5.16. The van der Waals surface area contributed by atoms with Gasteiger partial charge in [-0.05, 0) is 42.2 Å². The molecule has 0 aliphatic carbocycles. The van der Waals surface area contributed by atoms with Gasteiger partial charge in [-0.15, -0.1) is 0 Å². The number of fused-ring (bicyclic) bond motifs is 2. The molecule has 0 saturated heterocycles. The Morgan fingerprint density at radius 2 is 1.41 bits per heavy atom. The maximum Gasteiger partial charge on any atom is 0.201 e. The molecule has 4 aromatic carbocycles. The summed E-state index contributed by atoms with van der Waals surface area (Å²) in [5.41, 5.74) is 5.76. The van der Waals surface area contributed by atoms with Gasteiger partial charge in [0.05, 0.1) is 10.8 Å². The van der Waals surface area contributed by atoms with E-state index in [4.69, 9.17) is 4.42 Å². The fraction of sp³-hybridized carbons (Fsp3) is 0.103. The molecule has 5 rings (SSSR count). The molecule has 0 spiro atoms. The van der Waals surface area contributed by atoms with E-state index >= 15 is 0 Å². The van der Waals surface area contributed by atoms with Crippen molar-refractivity contribution in [2.24, 2.45) is 0 Å². The van der Waals surface area contributed by atoms with Gasteiger partial charge < -0.3 is 4.42 Å². The number of hydrogen-bond donors (Lipinski definition) is 0. The summed E-state index contributed by atoms with van der Waals surface area (Å²) in [4.78, 5) is 25.6. The van der Waals surface area contributed by atoms with Crippen LogP contribution in [0.1, 0.15) is 39.5 Å². The normalized spacial score (nSPS) is 11.2. The monoisotopic (exact) mass is 418 g/mol. The van der Waals surface area contributed by atoms with Crippen molar-refractivity contribution in [1.29, 1.82) is 0 Å². The summed E-state index contributed by atoms with van der Waals surface area (Å²) in [5, 5.41) is 0.864. The molecular formula is C29H22O3. The van der Waals surface area contributed by atoms with Crippen LogP contribution in [-0.4, -0.2) is 5.78 Å². The van der Waals surface area contributed by atoms with Crippen LogP contribution in [0.25, 0.3) is 21.9 Å². The lowest BCUT2D eigenvalue weighted by Crippen LogP contribution is -2.09. The molecule has 5 aromatic rings. The second-order valence-electron chi connectivity index (χ2n) is 8.07. The number of carbonyl (C=O) groups excluding carboxylic acids is 1. The predicted molar refractivity (Wildman–Crippen MR) is 128 cm³/mol. The molecule has 1 aromatic heterocycles. The predicted octanol–water partition coefficient (Wildman–Crippen LogP) is 6.33. The Balaban J connectivity index is 1.79. The molecule has 0 N–H and O–H groups in total. The van der Waals surface area contributed by atoms with Gasteiger partial charge in [0.25, 0.3) is 0 Å². The molecule has 32 heavy (non-hydrogen) atoms. The van der Waals surface area contributed by atoms with Crippen LogP contribution in [0.15, 0.2) is 100 Å². The van der Waals surface area contributed by atoms with E-state index in [1.54, 1.807) is 18.2 Å². The molecule has 156 valence electrons. The minimum Gasteiger partial charge on any atom is -0.455 e. The fourth-order valence-electron chi connectivity index (χ4n) is 4.33. The molecule has 0 saturated carbocycles. The topological polar surface area (TPSA) is 47.3 Å². The summed E-state index contributed by atoms with van der Waals surface area (Å²) < 4.78 is 6.35. The van der Waals surface area contributed by atoms with Crippen LogP contribution in [0.5, 0.6) is 0 Å². The van der Waals surface area contributed by atoms with Crippen molar-refractivity contribution < 1.29 is 9.21 Å². The summed E-state index contributed by atoms with van der Waals surface area (Å²) in [6.45, 7) is 1.47. The lowest BCUT2D eigenvalue weighted by Gasteiger charge is -2.14. The molecule has 0 radical (unpaired) electrons. The van der Waals surface area contributed by atoms with Gasteiger partial charge in [0.2, 0.25) is 5.43 Å². The van der Waals surface area contributed by atoms with E-state index in [0.717, 1.165) is 23.1 Å². The van der Waals surface area contributed by atoms with Crippen LogP contribution in [0.2, 0.25) is 0 Å². The van der Waals surface area contributed by atoms with Gasteiger partial charge in [-0.2, -0.15) is 0 Å². The Morgan fingerprint density at radius 3 is 2.06 bits per heavy atom. The molecule has 0 unspecified atom stereocenters. The third-order valence-electron chi connectivity index (χ3n) is 5.91. The summed E-state index contributed by atoms with van der Waals surface area (Å²) in [6, 6.07) is 29.5. The van der Waals surface area contributed by atoms with Crippen molar-refractivity contribution in [3.8, 4) is 0 Å². The van der Waals surface area contributed by atoms with E-state index in [2.05, 4.69) is 24.3 Å². The summed E-state index contributed by atoms with van der Waals surface area (Å²) >= 11 is 0. The lowest BCUT2D eigenvalue weighted by molar-refractivity contribution is 0.101. The van der Waals surface area contributed by atoms with Crippen LogP contribution in [0.3, 0.4) is 0 Å². The molecule has 0 bridgehead atoms. The number of rotatable bonds is 5. The van der Waals surface area contributed by atoms with Crippen molar-refractivity contribution in [2.45, 2.75) is 19.8 Å². The van der Waals surface area contributed by atoms with E-state index in [9.17, 15) is 9.59 Å². The van der Waals surface area contributed by atoms with Gasteiger partial charge in [-0.3, -0.25) is 9.59 Å². The quantitative estimate of drug-likeness (QED) is 0.247. The van der Waals surface area contributed by atoms with Crippen molar-refractivity contribution >= 4 is 27.7 Å². The number of Topliss-reactive ketones (excluding diaryl/α,β-unsaturated/α-hetero) is 1. The van der Waals surface area contributed by atoms with Gasteiger partial charge in [0.1, 0.15) is 11.2 Å². The van der Waals surface area contributed by atoms with Crippen molar-refractivity contribution in [3.05, 3.63) is 129 Å². The highest BCUT2D eigenvalue weighted by Crippen LogP contribution is 2.29. The van der Waals surface area contributed by atoms with Gasteiger partial charge in [0, 0.05) is 17.5 Å². The Morgan fingerprint density at radius 1 is 0.750 bits per heavy atom. The molecular weight excluding hydrogens is 396 g/mol. The highest BCUT2D eigenvalue weighted by atomic mass is 16.3. The zero-order valence-electron chi connectivity index (χ0n) is 17.8. The summed E-state index contributed by atoms with van der Waals surface area (Å²) in [7, 11) is 0. The Labute approximate surface area is 185 Å². The first-order valence-electron chi connectivity index (χ1n) is 10.7. The number of benzene rings is 4. The highest BCUT2D eigenvalue weighted by Gasteiger charge is 2.18. The van der Waals surface area contributed by atoms with Crippen LogP contribution < -0.4 is 5.43 Å². The van der Waals surface area contributed by atoms with Crippen molar-refractivity contribution in [3.63, 3.8) is 0 Å². The zero-order valence-corrected chi connectivity index (χ0v) is 17.8. The van der Waals surface area contributed by atoms with Crippen molar-refractivity contribution in [2.75, 3.05) is 0 Å². The zero-order chi connectivity index (χ0) is 22.1. The highest BCUT2D eigenvalue weighted by molar-refractivity contribution is 6.07. The van der Waals surface area contributed by atoms with Crippen LogP contribution >= 0.6 is 0 Å². The smallest absolute Gasteiger partial charge is 0.201 e. The fourth-order valence-corrected chi connectivity index (χ4v) is 4.33. The molecule has 0 fully saturated rings. The van der Waals surface area contributed by atoms with Gasteiger partial charge >= 0.3 is 0 Å². The van der Waals surface area contributed by atoms with Crippen LogP contribution in [0, 0.1) is 0 Å². The average Bonchev–Trinajstić information content (AvgIpc) is 2.82. The molecule has 0 aliphatic rings. The third-order valence-corrected chi connectivity index (χ3v) is 5.91. The standard InChI is InChI=1S/C29H22O3/c1-19(30)23-13-8-14-26-27(23)28(31)24-16-15-22(17-20-9-4-2-5-10-20)25(29(24)32-26)18-21-11-6-3-7-12-21/h2-16H,17-18H2,1H3. The number of ketones is 1. The molecule has 3 nitrogen and oxygen atoms in total. The Bertz CT molecular complexity index is 1500. The molecule has 1 heterocycles. The van der Waals surface area contributed by atoms with Crippen molar-refractivity contribution in [1.82, 2.24) is 0 Å². The summed E-state index contributed by atoms with van der Waals surface area (Å²) in [5.74, 6) is -0.146.